The Bertz CT molecular complexity index is 649. The number of aryl methyl sites for hydroxylation is 1. The van der Waals surface area contributed by atoms with Gasteiger partial charge in [-0.1, -0.05) is 85.0 Å². The van der Waals surface area contributed by atoms with Gasteiger partial charge in [-0.3, -0.25) is 4.79 Å². The molecule has 1 heteroatoms. The number of hydrogen-bond donors (Lipinski definition) is 0. The fourth-order valence-electron chi connectivity index (χ4n) is 2.03. The van der Waals surface area contributed by atoms with E-state index in [9.17, 15) is 4.79 Å². The van der Waals surface area contributed by atoms with E-state index in [2.05, 4.69) is 12.1 Å². The molecule has 0 heterocycles. The largest absolute Gasteiger partial charge is 0.290 e. The molecule has 0 amide bonds. The lowest BCUT2D eigenvalue weighted by Gasteiger charge is -1.95. The second-order valence-corrected chi connectivity index (χ2v) is 4.96. The van der Waals surface area contributed by atoms with E-state index < -0.39 is 0 Å². The topological polar surface area (TPSA) is 17.1 Å². The number of ketones is 1. The number of carbonyl (C=O) groups excluding carboxylic acids is 1. The molecule has 2 aromatic carbocycles. The third-order valence-corrected chi connectivity index (χ3v) is 3.18. The van der Waals surface area contributed by atoms with Crippen molar-refractivity contribution in [3.63, 3.8) is 0 Å². The van der Waals surface area contributed by atoms with Crippen molar-refractivity contribution in [2.24, 2.45) is 0 Å². The molecular weight excluding hydrogens is 268 g/mol. The molecule has 0 unspecified atom stereocenters. The van der Waals surface area contributed by atoms with E-state index in [0.29, 0.717) is 0 Å². The summed E-state index contributed by atoms with van der Waals surface area (Å²) in [5.41, 5.74) is 2.42. The second kappa shape index (κ2) is 9.30. The third kappa shape index (κ3) is 6.19. The molecule has 0 aliphatic heterocycles. The van der Waals surface area contributed by atoms with Crippen molar-refractivity contribution in [3.8, 4) is 0 Å². The average Bonchev–Trinajstić information content (AvgIpc) is 2.57. The zero-order valence-corrected chi connectivity index (χ0v) is 12.6. The summed E-state index contributed by atoms with van der Waals surface area (Å²) in [4.78, 5) is 11.7. The monoisotopic (exact) mass is 288 g/mol. The molecule has 0 atom stereocenters. The summed E-state index contributed by atoms with van der Waals surface area (Å²) in [6, 6.07) is 20.3. The van der Waals surface area contributed by atoms with Gasteiger partial charge in [-0.2, -0.15) is 0 Å². The Labute approximate surface area is 132 Å². The fraction of sp³-hybridized carbons (Fsp3) is 0.0952. The first kappa shape index (κ1) is 15.7. The Morgan fingerprint density at radius 1 is 0.818 bits per heavy atom. The lowest BCUT2D eigenvalue weighted by Crippen LogP contribution is -1.86. The molecule has 0 spiro atoms. The van der Waals surface area contributed by atoms with E-state index in [0.717, 1.165) is 18.4 Å². The van der Waals surface area contributed by atoms with E-state index >= 15 is 0 Å². The minimum absolute atomic E-state index is 0.0192. The maximum Gasteiger partial charge on any atom is 0.178 e. The molecule has 22 heavy (non-hydrogen) atoms. The van der Waals surface area contributed by atoms with Crippen molar-refractivity contribution < 1.29 is 4.79 Å². The summed E-state index contributed by atoms with van der Waals surface area (Å²) in [7, 11) is 0. The Balaban J connectivity index is 1.72. The maximum absolute atomic E-state index is 11.7. The predicted molar refractivity (Wildman–Crippen MR) is 93.5 cm³/mol. The third-order valence-electron chi connectivity index (χ3n) is 3.18. The molecule has 2 aromatic rings. The Morgan fingerprint density at radius 3 is 2.23 bits per heavy atom. The SMILES string of the molecule is O=C(C=CC=Cc1ccccc1)C=CCCc1ccccc1. The summed E-state index contributed by atoms with van der Waals surface area (Å²) in [6.07, 6.45) is 12.6. The van der Waals surface area contributed by atoms with Gasteiger partial charge in [0.2, 0.25) is 0 Å². The minimum atomic E-state index is 0.0192. The van der Waals surface area contributed by atoms with Crippen LogP contribution >= 0.6 is 0 Å². The Hall–Kier alpha value is -2.67. The van der Waals surface area contributed by atoms with Crippen molar-refractivity contribution in [1.29, 1.82) is 0 Å². The zero-order valence-electron chi connectivity index (χ0n) is 12.6. The van der Waals surface area contributed by atoms with Gasteiger partial charge in [-0.05, 0) is 36.1 Å². The summed E-state index contributed by atoms with van der Waals surface area (Å²) in [5.74, 6) is 0.0192. The molecule has 0 aromatic heterocycles. The summed E-state index contributed by atoms with van der Waals surface area (Å²) < 4.78 is 0. The highest BCUT2D eigenvalue weighted by molar-refractivity contribution is 5.99. The summed E-state index contributed by atoms with van der Waals surface area (Å²) in [5, 5.41) is 0. The number of carbonyl (C=O) groups is 1. The molecular formula is C21H20O. The van der Waals surface area contributed by atoms with Gasteiger partial charge in [-0.15, -0.1) is 0 Å². The molecule has 0 N–H and O–H groups in total. The van der Waals surface area contributed by atoms with Gasteiger partial charge < -0.3 is 0 Å². The summed E-state index contributed by atoms with van der Waals surface area (Å²) >= 11 is 0. The molecule has 0 aliphatic rings. The first-order chi connectivity index (χ1) is 10.8. The number of allylic oxidation sites excluding steroid dienone is 5. The van der Waals surface area contributed by atoms with E-state index in [4.69, 9.17) is 0 Å². The number of hydrogen-bond acceptors (Lipinski definition) is 1. The van der Waals surface area contributed by atoms with Crippen LogP contribution in [0.2, 0.25) is 0 Å². The summed E-state index contributed by atoms with van der Waals surface area (Å²) in [6.45, 7) is 0. The van der Waals surface area contributed by atoms with E-state index in [1.165, 1.54) is 5.56 Å². The van der Waals surface area contributed by atoms with Gasteiger partial charge in [0.1, 0.15) is 0 Å². The van der Waals surface area contributed by atoms with E-state index in [1.807, 2.05) is 66.8 Å². The fourth-order valence-corrected chi connectivity index (χ4v) is 2.03. The molecule has 0 saturated heterocycles. The molecule has 0 fully saturated rings. The van der Waals surface area contributed by atoms with Crippen molar-refractivity contribution >= 4 is 11.9 Å². The van der Waals surface area contributed by atoms with Gasteiger partial charge in [0.25, 0.3) is 0 Å². The lowest BCUT2D eigenvalue weighted by atomic mass is 10.1. The lowest BCUT2D eigenvalue weighted by molar-refractivity contribution is -0.110. The average molecular weight is 288 g/mol. The van der Waals surface area contributed by atoms with Crippen LogP contribution in [0, 0.1) is 0 Å². The molecule has 0 radical (unpaired) electrons. The normalized spacial score (nSPS) is 11.6. The van der Waals surface area contributed by atoms with Gasteiger partial charge >= 0.3 is 0 Å². The van der Waals surface area contributed by atoms with Crippen molar-refractivity contribution in [3.05, 3.63) is 102 Å². The van der Waals surface area contributed by atoms with Crippen LogP contribution in [0.15, 0.2) is 91.0 Å². The zero-order chi connectivity index (χ0) is 15.5. The van der Waals surface area contributed by atoms with Crippen LogP contribution in [-0.4, -0.2) is 5.78 Å². The first-order valence-corrected chi connectivity index (χ1v) is 7.49. The Kier molecular flexibility index (Phi) is 6.64. The van der Waals surface area contributed by atoms with Gasteiger partial charge in [0.15, 0.2) is 5.78 Å². The van der Waals surface area contributed by atoms with Crippen molar-refractivity contribution in [2.45, 2.75) is 12.8 Å². The van der Waals surface area contributed by atoms with E-state index in [-0.39, 0.29) is 5.78 Å². The highest BCUT2D eigenvalue weighted by Crippen LogP contribution is 2.03. The van der Waals surface area contributed by atoms with Crippen LogP contribution in [-0.2, 0) is 11.2 Å². The second-order valence-electron chi connectivity index (χ2n) is 4.96. The molecule has 0 aliphatic carbocycles. The highest BCUT2D eigenvalue weighted by atomic mass is 16.1. The quantitative estimate of drug-likeness (QED) is 0.517. The van der Waals surface area contributed by atoms with Crippen LogP contribution in [0.1, 0.15) is 17.5 Å². The predicted octanol–water partition coefficient (Wildman–Crippen LogP) is 5.01. The highest BCUT2D eigenvalue weighted by Gasteiger charge is 1.90. The molecule has 1 nitrogen and oxygen atoms in total. The molecule has 0 bridgehead atoms. The Morgan fingerprint density at radius 2 is 1.50 bits per heavy atom. The number of rotatable bonds is 7. The van der Waals surface area contributed by atoms with Gasteiger partial charge in [0.05, 0.1) is 0 Å². The van der Waals surface area contributed by atoms with Crippen LogP contribution in [0.4, 0.5) is 0 Å². The van der Waals surface area contributed by atoms with Crippen molar-refractivity contribution in [1.82, 2.24) is 0 Å². The standard InChI is InChI=1S/C21H20O/c22-21(17-9-7-15-19-11-3-1-4-12-19)18-10-8-16-20-13-5-2-6-14-20/h1-7,9-15,17-18H,8,16H2. The first-order valence-electron chi connectivity index (χ1n) is 7.49. The van der Waals surface area contributed by atoms with Crippen LogP contribution in [0.3, 0.4) is 0 Å². The maximum atomic E-state index is 11.7. The molecule has 110 valence electrons. The van der Waals surface area contributed by atoms with Crippen molar-refractivity contribution in [2.75, 3.05) is 0 Å². The molecule has 0 saturated carbocycles. The smallest absolute Gasteiger partial charge is 0.178 e. The minimum Gasteiger partial charge on any atom is -0.290 e. The van der Waals surface area contributed by atoms with Gasteiger partial charge in [-0.25, -0.2) is 0 Å². The van der Waals surface area contributed by atoms with Crippen LogP contribution in [0.5, 0.6) is 0 Å². The van der Waals surface area contributed by atoms with Crippen LogP contribution < -0.4 is 0 Å². The molecule has 2 rings (SSSR count). The number of benzene rings is 2. The van der Waals surface area contributed by atoms with E-state index in [1.54, 1.807) is 18.2 Å². The van der Waals surface area contributed by atoms with Gasteiger partial charge in [0, 0.05) is 0 Å². The van der Waals surface area contributed by atoms with Crippen LogP contribution in [0.25, 0.3) is 6.08 Å².